The molecule has 2 aliphatic rings. The molecule has 0 spiro atoms. The lowest BCUT2D eigenvalue weighted by Gasteiger charge is -2.29. The summed E-state index contributed by atoms with van der Waals surface area (Å²) >= 11 is 0. The lowest BCUT2D eigenvalue weighted by Crippen LogP contribution is -2.43. The number of carbonyl (C=O) groups is 2. The Morgan fingerprint density at radius 2 is 1.85 bits per heavy atom. The third-order valence-corrected chi connectivity index (χ3v) is 6.67. The Hall–Kier alpha value is -1.93. The van der Waals surface area contributed by atoms with Crippen molar-refractivity contribution in [2.45, 2.75) is 25.8 Å². The Bertz CT molecular complexity index is 773. The monoisotopic (exact) mass is 393 g/mol. The number of nitrogens with one attached hydrogen (secondary N) is 1. The van der Waals surface area contributed by atoms with Gasteiger partial charge in [-0.05, 0) is 18.4 Å². The Morgan fingerprint density at radius 3 is 2.48 bits per heavy atom. The Morgan fingerprint density at radius 1 is 1.19 bits per heavy atom. The summed E-state index contributed by atoms with van der Waals surface area (Å²) < 4.78 is 24.5. The van der Waals surface area contributed by atoms with Crippen molar-refractivity contribution in [2.75, 3.05) is 32.4 Å². The van der Waals surface area contributed by atoms with E-state index in [0.717, 1.165) is 5.56 Å². The topological polar surface area (TPSA) is 86.8 Å². The van der Waals surface area contributed by atoms with Crippen molar-refractivity contribution in [1.82, 2.24) is 14.5 Å². The summed E-state index contributed by atoms with van der Waals surface area (Å²) in [5, 5.41) is 2.97. The molecule has 148 valence electrons. The highest BCUT2D eigenvalue weighted by atomic mass is 32.2. The molecule has 1 aromatic carbocycles. The van der Waals surface area contributed by atoms with Crippen LogP contribution >= 0.6 is 0 Å². The number of sulfonamides is 1. The molecule has 0 aliphatic carbocycles. The largest absolute Gasteiger partial charge is 0.356 e. The van der Waals surface area contributed by atoms with Gasteiger partial charge in [0.25, 0.3) is 0 Å². The zero-order valence-corrected chi connectivity index (χ0v) is 16.5. The third kappa shape index (κ3) is 5.29. The molecular weight excluding hydrogens is 366 g/mol. The molecule has 0 bridgehead atoms. The molecule has 1 N–H and O–H groups in total. The molecule has 0 radical (unpaired) electrons. The van der Waals surface area contributed by atoms with Crippen molar-refractivity contribution < 1.29 is 18.0 Å². The van der Waals surface area contributed by atoms with E-state index in [0.29, 0.717) is 52.0 Å². The average Bonchev–Trinajstić information content (AvgIpc) is 2.99. The smallest absolute Gasteiger partial charge is 0.223 e. The van der Waals surface area contributed by atoms with E-state index in [1.54, 1.807) is 0 Å². The predicted molar refractivity (Wildman–Crippen MR) is 102 cm³/mol. The Balaban J connectivity index is 1.43. The molecule has 0 saturated carbocycles. The molecule has 27 heavy (non-hydrogen) atoms. The lowest BCUT2D eigenvalue weighted by atomic mass is 9.97. The van der Waals surface area contributed by atoms with Gasteiger partial charge in [0.15, 0.2) is 0 Å². The van der Waals surface area contributed by atoms with Gasteiger partial charge in [0.2, 0.25) is 21.8 Å². The highest BCUT2D eigenvalue weighted by molar-refractivity contribution is 7.88. The standard InChI is InChI=1S/C19H27N3O4S/c1-27(25,26)22-9-7-17(8-10-22)19(24)20-12-16-11-18(23)21(14-16)13-15-5-3-2-4-6-15/h2-6,16-17H,7-14H2,1H3,(H,20,24). The zero-order chi connectivity index (χ0) is 19.4. The molecule has 3 rings (SSSR count). The first-order valence-corrected chi connectivity index (χ1v) is 11.2. The summed E-state index contributed by atoms with van der Waals surface area (Å²) in [6, 6.07) is 9.88. The molecule has 2 aliphatic heterocycles. The number of likely N-dealkylation sites (tertiary alicyclic amines) is 1. The van der Waals surface area contributed by atoms with Crippen LogP contribution in [0.25, 0.3) is 0 Å². The van der Waals surface area contributed by atoms with E-state index in [1.165, 1.54) is 10.6 Å². The average molecular weight is 394 g/mol. The molecule has 1 aromatic rings. The summed E-state index contributed by atoms with van der Waals surface area (Å²) in [6.07, 6.45) is 2.75. The first-order chi connectivity index (χ1) is 12.8. The number of nitrogens with zero attached hydrogens (tertiary/aromatic N) is 2. The minimum atomic E-state index is -3.18. The van der Waals surface area contributed by atoms with Gasteiger partial charge in [0.1, 0.15) is 0 Å². The normalized spacial score (nSPS) is 22.2. The Kier molecular flexibility index (Phi) is 6.16. The van der Waals surface area contributed by atoms with E-state index in [9.17, 15) is 18.0 Å². The fourth-order valence-electron chi connectivity index (χ4n) is 3.79. The first kappa shape index (κ1) is 19.8. The molecule has 7 nitrogen and oxygen atoms in total. The van der Waals surface area contributed by atoms with Gasteiger partial charge in [-0.2, -0.15) is 0 Å². The molecule has 1 atom stereocenters. The highest BCUT2D eigenvalue weighted by Crippen LogP contribution is 2.21. The van der Waals surface area contributed by atoms with E-state index in [2.05, 4.69) is 5.32 Å². The fraction of sp³-hybridized carbons (Fsp3) is 0.579. The van der Waals surface area contributed by atoms with Crippen LogP contribution in [0.15, 0.2) is 30.3 Å². The lowest BCUT2D eigenvalue weighted by molar-refractivity contribution is -0.128. The van der Waals surface area contributed by atoms with Crippen LogP contribution < -0.4 is 5.32 Å². The number of hydrogen-bond donors (Lipinski definition) is 1. The second-order valence-corrected chi connectivity index (χ2v) is 9.49. The van der Waals surface area contributed by atoms with Crippen LogP contribution in [-0.4, -0.2) is 61.9 Å². The van der Waals surface area contributed by atoms with Gasteiger partial charge in [-0.25, -0.2) is 12.7 Å². The maximum atomic E-state index is 12.4. The number of rotatable bonds is 6. The van der Waals surface area contributed by atoms with E-state index in [-0.39, 0.29) is 23.7 Å². The second kappa shape index (κ2) is 8.39. The van der Waals surface area contributed by atoms with Crippen LogP contribution in [0.4, 0.5) is 0 Å². The number of hydrogen-bond acceptors (Lipinski definition) is 4. The van der Waals surface area contributed by atoms with E-state index >= 15 is 0 Å². The third-order valence-electron chi connectivity index (χ3n) is 5.37. The van der Waals surface area contributed by atoms with Crippen molar-refractivity contribution in [3.63, 3.8) is 0 Å². The summed E-state index contributed by atoms with van der Waals surface area (Å²) in [4.78, 5) is 26.4. The van der Waals surface area contributed by atoms with Crippen molar-refractivity contribution in [3.8, 4) is 0 Å². The van der Waals surface area contributed by atoms with Crippen LogP contribution in [0.3, 0.4) is 0 Å². The first-order valence-electron chi connectivity index (χ1n) is 9.37. The summed E-state index contributed by atoms with van der Waals surface area (Å²) in [5.74, 6) is 0.0680. The van der Waals surface area contributed by atoms with Gasteiger partial charge in [-0.3, -0.25) is 9.59 Å². The van der Waals surface area contributed by atoms with Gasteiger partial charge < -0.3 is 10.2 Å². The molecule has 1 unspecified atom stereocenters. The minimum absolute atomic E-state index is 0.0305. The molecule has 0 aromatic heterocycles. The maximum Gasteiger partial charge on any atom is 0.223 e. The van der Waals surface area contributed by atoms with Crippen molar-refractivity contribution in [2.24, 2.45) is 11.8 Å². The van der Waals surface area contributed by atoms with Crippen LogP contribution in [0.1, 0.15) is 24.8 Å². The maximum absolute atomic E-state index is 12.4. The number of amides is 2. The van der Waals surface area contributed by atoms with Gasteiger partial charge in [0.05, 0.1) is 6.26 Å². The van der Waals surface area contributed by atoms with E-state index in [4.69, 9.17) is 0 Å². The quantitative estimate of drug-likeness (QED) is 0.775. The number of carbonyl (C=O) groups excluding carboxylic acids is 2. The molecule has 2 saturated heterocycles. The van der Waals surface area contributed by atoms with Crippen LogP contribution in [0.2, 0.25) is 0 Å². The van der Waals surface area contributed by atoms with E-state index in [1.807, 2.05) is 35.2 Å². The van der Waals surface area contributed by atoms with Gasteiger partial charge >= 0.3 is 0 Å². The van der Waals surface area contributed by atoms with Crippen LogP contribution in [0, 0.1) is 11.8 Å². The molecule has 8 heteroatoms. The molecular formula is C19H27N3O4S. The van der Waals surface area contributed by atoms with Crippen molar-refractivity contribution >= 4 is 21.8 Å². The zero-order valence-electron chi connectivity index (χ0n) is 15.6. The molecule has 2 amide bonds. The minimum Gasteiger partial charge on any atom is -0.356 e. The highest BCUT2D eigenvalue weighted by Gasteiger charge is 2.32. The van der Waals surface area contributed by atoms with Gasteiger partial charge in [0, 0.05) is 51.0 Å². The van der Waals surface area contributed by atoms with Gasteiger partial charge in [-0.1, -0.05) is 30.3 Å². The fourth-order valence-corrected chi connectivity index (χ4v) is 4.66. The second-order valence-electron chi connectivity index (χ2n) is 7.51. The summed E-state index contributed by atoms with van der Waals surface area (Å²) in [5.41, 5.74) is 1.10. The number of benzene rings is 1. The van der Waals surface area contributed by atoms with Crippen molar-refractivity contribution in [1.29, 1.82) is 0 Å². The van der Waals surface area contributed by atoms with Gasteiger partial charge in [-0.15, -0.1) is 0 Å². The Labute approximate surface area is 160 Å². The molecule has 2 fully saturated rings. The van der Waals surface area contributed by atoms with Crippen LogP contribution in [-0.2, 0) is 26.2 Å². The van der Waals surface area contributed by atoms with Crippen LogP contribution in [0.5, 0.6) is 0 Å². The predicted octanol–water partition coefficient (Wildman–Crippen LogP) is 0.823. The SMILES string of the molecule is CS(=O)(=O)N1CCC(C(=O)NCC2CC(=O)N(Cc3ccccc3)C2)CC1. The number of piperidine rings is 1. The summed E-state index contributed by atoms with van der Waals surface area (Å²) in [7, 11) is -3.18. The molecule has 2 heterocycles. The van der Waals surface area contributed by atoms with Crippen molar-refractivity contribution in [3.05, 3.63) is 35.9 Å². The van der Waals surface area contributed by atoms with E-state index < -0.39 is 10.0 Å². The summed E-state index contributed by atoms with van der Waals surface area (Å²) in [6.45, 7) is 2.53.